The summed E-state index contributed by atoms with van der Waals surface area (Å²) in [7, 11) is 0. The summed E-state index contributed by atoms with van der Waals surface area (Å²) in [5, 5.41) is 18.8. The summed E-state index contributed by atoms with van der Waals surface area (Å²) in [6.45, 7) is 4.10. The first-order valence-corrected chi connectivity index (χ1v) is 7.89. The minimum absolute atomic E-state index is 0.0609. The van der Waals surface area contributed by atoms with Crippen molar-refractivity contribution in [1.82, 2.24) is 9.55 Å². The molecule has 0 atom stereocenters. The molecule has 120 valence electrons. The number of aromatic hydroxyl groups is 1. The Bertz CT molecular complexity index is 948. The number of halogens is 1. The second-order valence-corrected chi connectivity index (χ2v) is 5.89. The normalized spacial score (nSPS) is 11.2. The number of rotatable bonds is 4. The zero-order valence-corrected chi connectivity index (χ0v) is 14.1. The summed E-state index contributed by atoms with van der Waals surface area (Å²) in [4.78, 5) is 15.9. The van der Waals surface area contributed by atoms with Crippen molar-refractivity contribution in [2.24, 2.45) is 10.2 Å². The predicted molar refractivity (Wildman–Crippen MR) is 94.6 cm³/mol. The lowest BCUT2D eigenvalue weighted by Crippen LogP contribution is -1.93. The van der Waals surface area contributed by atoms with Crippen LogP contribution in [0.15, 0.2) is 70.1 Å². The Kier molecular flexibility index (Phi) is 4.52. The molecular formula is C17H13BrN4O2. The number of carbonyl (C=O) groups excluding carboxylic acids is 1. The first kappa shape index (κ1) is 16.1. The van der Waals surface area contributed by atoms with Crippen molar-refractivity contribution < 1.29 is 9.90 Å². The maximum atomic E-state index is 12.1. The Balaban J connectivity index is 2.07. The van der Waals surface area contributed by atoms with Gasteiger partial charge in [0.25, 0.3) is 5.91 Å². The van der Waals surface area contributed by atoms with Gasteiger partial charge in [0.1, 0.15) is 0 Å². The van der Waals surface area contributed by atoms with Crippen molar-refractivity contribution in [2.75, 3.05) is 0 Å². The molecule has 2 aromatic heterocycles. The van der Waals surface area contributed by atoms with Crippen LogP contribution in [0.1, 0.15) is 10.4 Å². The molecule has 0 unspecified atom stereocenters. The molecule has 0 saturated heterocycles. The lowest BCUT2D eigenvalue weighted by Gasteiger charge is -2.02. The van der Waals surface area contributed by atoms with Crippen LogP contribution in [-0.4, -0.2) is 20.6 Å². The highest BCUT2D eigenvalue weighted by Crippen LogP contribution is 2.40. The Morgan fingerprint density at radius 1 is 1.33 bits per heavy atom. The highest BCUT2D eigenvalue weighted by atomic mass is 79.9. The third kappa shape index (κ3) is 2.98. The minimum atomic E-state index is -0.503. The van der Waals surface area contributed by atoms with Crippen molar-refractivity contribution in [3.8, 4) is 5.88 Å². The van der Waals surface area contributed by atoms with E-state index in [0.717, 1.165) is 9.99 Å². The van der Waals surface area contributed by atoms with E-state index in [1.54, 1.807) is 22.8 Å². The molecule has 0 bridgehead atoms. The van der Waals surface area contributed by atoms with Gasteiger partial charge in [-0.2, -0.15) is 0 Å². The van der Waals surface area contributed by atoms with Gasteiger partial charge < -0.3 is 9.67 Å². The van der Waals surface area contributed by atoms with Crippen LogP contribution in [0.25, 0.3) is 10.9 Å². The third-order valence-corrected chi connectivity index (χ3v) is 3.95. The average molecular weight is 385 g/mol. The topological polar surface area (TPSA) is 79.8 Å². The molecule has 6 nitrogen and oxygen atoms in total. The summed E-state index contributed by atoms with van der Waals surface area (Å²) in [6, 6.07) is 8.65. The number of hydrogen-bond donors (Lipinski definition) is 1. The van der Waals surface area contributed by atoms with E-state index in [2.05, 4.69) is 37.7 Å². The summed E-state index contributed by atoms with van der Waals surface area (Å²) >= 11 is 3.40. The van der Waals surface area contributed by atoms with Gasteiger partial charge in [-0.05, 0) is 30.3 Å². The van der Waals surface area contributed by atoms with E-state index in [0.29, 0.717) is 17.5 Å². The molecule has 0 radical (unpaired) electrons. The van der Waals surface area contributed by atoms with Crippen LogP contribution in [0.2, 0.25) is 0 Å². The molecule has 0 aliphatic heterocycles. The smallest absolute Gasteiger partial charge is 0.295 e. The highest BCUT2D eigenvalue weighted by molar-refractivity contribution is 9.10. The molecule has 0 aliphatic carbocycles. The van der Waals surface area contributed by atoms with Crippen molar-refractivity contribution >= 4 is 38.4 Å². The monoisotopic (exact) mass is 384 g/mol. The zero-order valence-electron chi connectivity index (χ0n) is 12.6. The quantitative estimate of drug-likeness (QED) is 0.526. The molecule has 3 aromatic rings. The fourth-order valence-corrected chi connectivity index (χ4v) is 2.72. The standard InChI is InChI=1S/C17H13BrN4O2/c1-2-9-22-14-4-3-12(18)10-13(14)15(17(22)24)20-21-16(23)11-5-7-19-8-6-11/h2-8,10,24H,1,9H2. The maximum Gasteiger partial charge on any atom is 0.295 e. The third-order valence-electron chi connectivity index (χ3n) is 3.45. The number of fused-ring (bicyclic) bond motifs is 1. The van der Waals surface area contributed by atoms with Crippen LogP contribution >= 0.6 is 15.9 Å². The first-order valence-electron chi connectivity index (χ1n) is 7.09. The van der Waals surface area contributed by atoms with E-state index in [1.807, 2.05) is 18.2 Å². The molecule has 1 amide bonds. The molecule has 3 rings (SSSR count). The van der Waals surface area contributed by atoms with Gasteiger partial charge in [-0.15, -0.1) is 16.8 Å². The Morgan fingerprint density at radius 2 is 2.08 bits per heavy atom. The lowest BCUT2D eigenvalue weighted by molar-refractivity contribution is 0.0995. The van der Waals surface area contributed by atoms with Crippen molar-refractivity contribution in [2.45, 2.75) is 6.54 Å². The van der Waals surface area contributed by atoms with E-state index in [4.69, 9.17) is 0 Å². The Labute approximate surface area is 146 Å². The van der Waals surface area contributed by atoms with Crippen molar-refractivity contribution in [1.29, 1.82) is 0 Å². The number of aromatic nitrogens is 2. The van der Waals surface area contributed by atoms with Gasteiger partial charge in [-0.3, -0.25) is 9.78 Å². The van der Waals surface area contributed by atoms with Gasteiger partial charge in [-0.25, -0.2) is 0 Å². The average Bonchev–Trinajstić information content (AvgIpc) is 2.85. The molecule has 0 saturated carbocycles. The van der Waals surface area contributed by atoms with E-state index in [1.165, 1.54) is 12.4 Å². The SMILES string of the molecule is C=CCn1c(O)c(N=NC(=O)c2ccncc2)c2cc(Br)ccc21. The maximum absolute atomic E-state index is 12.1. The van der Waals surface area contributed by atoms with Crippen molar-refractivity contribution in [3.05, 3.63) is 65.4 Å². The molecule has 1 N–H and O–H groups in total. The molecule has 7 heteroatoms. The fourth-order valence-electron chi connectivity index (χ4n) is 2.36. The van der Waals surface area contributed by atoms with Crippen LogP contribution in [0.4, 0.5) is 5.69 Å². The van der Waals surface area contributed by atoms with E-state index in [-0.39, 0.29) is 11.6 Å². The molecule has 0 aliphatic rings. The number of benzene rings is 1. The molecular weight excluding hydrogens is 372 g/mol. The van der Waals surface area contributed by atoms with Gasteiger partial charge in [-0.1, -0.05) is 22.0 Å². The second-order valence-electron chi connectivity index (χ2n) is 4.97. The van der Waals surface area contributed by atoms with E-state index in [9.17, 15) is 9.90 Å². The molecule has 2 heterocycles. The highest BCUT2D eigenvalue weighted by Gasteiger charge is 2.16. The molecule has 24 heavy (non-hydrogen) atoms. The summed E-state index contributed by atoms with van der Waals surface area (Å²) in [5.74, 6) is -0.564. The minimum Gasteiger partial charge on any atom is -0.493 e. The number of carbonyl (C=O) groups is 1. The first-order chi connectivity index (χ1) is 11.6. The van der Waals surface area contributed by atoms with Gasteiger partial charge >= 0.3 is 0 Å². The molecule has 1 aromatic carbocycles. The van der Waals surface area contributed by atoms with Gasteiger partial charge in [0.05, 0.1) is 5.52 Å². The Hall–Kier alpha value is -2.80. The summed E-state index contributed by atoms with van der Waals surface area (Å²) < 4.78 is 2.49. The van der Waals surface area contributed by atoms with E-state index < -0.39 is 5.91 Å². The van der Waals surface area contributed by atoms with Gasteiger partial charge in [0.2, 0.25) is 5.88 Å². The zero-order chi connectivity index (χ0) is 17.1. The summed E-state index contributed by atoms with van der Waals surface area (Å²) in [5.41, 5.74) is 1.40. The van der Waals surface area contributed by atoms with Crippen LogP contribution in [0.3, 0.4) is 0 Å². The number of nitrogens with zero attached hydrogens (tertiary/aromatic N) is 4. The van der Waals surface area contributed by atoms with Gasteiger partial charge in [0.15, 0.2) is 5.69 Å². The van der Waals surface area contributed by atoms with Crippen LogP contribution < -0.4 is 0 Å². The van der Waals surface area contributed by atoms with Crippen molar-refractivity contribution in [3.63, 3.8) is 0 Å². The summed E-state index contributed by atoms with van der Waals surface area (Å²) in [6.07, 6.45) is 4.69. The predicted octanol–water partition coefficient (Wildman–Crippen LogP) is 4.61. The van der Waals surface area contributed by atoms with Crippen LogP contribution in [-0.2, 0) is 6.54 Å². The van der Waals surface area contributed by atoms with Crippen LogP contribution in [0.5, 0.6) is 5.88 Å². The Morgan fingerprint density at radius 3 is 2.79 bits per heavy atom. The van der Waals surface area contributed by atoms with Gasteiger partial charge in [0, 0.05) is 34.4 Å². The fraction of sp³-hybridized carbons (Fsp3) is 0.0588. The second kappa shape index (κ2) is 6.76. The molecule has 0 spiro atoms. The number of allylic oxidation sites excluding steroid dienone is 1. The number of pyridine rings is 1. The number of amides is 1. The number of azo groups is 1. The van der Waals surface area contributed by atoms with E-state index >= 15 is 0 Å². The van der Waals surface area contributed by atoms with Crippen LogP contribution in [0, 0.1) is 0 Å². The lowest BCUT2D eigenvalue weighted by atomic mass is 10.2. The number of hydrogen-bond acceptors (Lipinski definition) is 4. The molecule has 0 fully saturated rings. The largest absolute Gasteiger partial charge is 0.493 e.